The lowest BCUT2D eigenvalue weighted by Crippen LogP contribution is -2.46. The molecule has 1 saturated heterocycles. The maximum absolute atomic E-state index is 12.4. The van der Waals surface area contributed by atoms with Gasteiger partial charge in [-0.05, 0) is 46.2 Å². The SMILES string of the molecule is Cc1ccc(NC(=O)N2CCCN(CC(=O)NC(C)(C)C)CC2)cc1. The Morgan fingerprint density at radius 3 is 2.36 bits per heavy atom. The molecule has 3 amide bonds. The summed E-state index contributed by atoms with van der Waals surface area (Å²) in [6, 6.07) is 7.70. The molecular weight excluding hydrogens is 316 g/mol. The van der Waals surface area contributed by atoms with Crippen LogP contribution in [0.25, 0.3) is 0 Å². The molecule has 1 aromatic rings. The minimum Gasteiger partial charge on any atom is -0.350 e. The largest absolute Gasteiger partial charge is 0.350 e. The van der Waals surface area contributed by atoms with Crippen LogP contribution < -0.4 is 10.6 Å². The highest BCUT2D eigenvalue weighted by Gasteiger charge is 2.22. The number of anilines is 1. The zero-order chi connectivity index (χ0) is 18.4. The second kappa shape index (κ2) is 8.34. The first-order chi connectivity index (χ1) is 11.7. The lowest BCUT2D eigenvalue weighted by molar-refractivity contribution is -0.123. The predicted molar refractivity (Wildman–Crippen MR) is 101 cm³/mol. The first kappa shape index (κ1) is 19.2. The third kappa shape index (κ3) is 6.74. The van der Waals surface area contributed by atoms with Crippen molar-refractivity contribution in [2.75, 3.05) is 38.0 Å². The minimum atomic E-state index is -0.219. The fraction of sp³-hybridized carbons (Fsp3) is 0.579. The highest BCUT2D eigenvalue weighted by atomic mass is 16.2. The number of nitrogens with zero attached hydrogens (tertiary/aromatic N) is 2. The molecule has 2 rings (SSSR count). The first-order valence-electron chi connectivity index (χ1n) is 8.89. The monoisotopic (exact) mass is 346 g/mol. The molecule has 0 aliphatic carbocycles. The van der Waals surface area contributed by atoms with Crippen molar-refractivity contribution in [2.24, 2.45) is 0 Å². The minimum absolute atomic E-state index is 0.0325. The van der Waals surface area contributed by atoms with Gasteiger partial charge in [-0.25, -0.2) is 4.79 Å². The van der Waals surface area contributed by atoms with Crippen LogP contribution in [0.3, 0.4) is 0 Å². The molecule has 0 radical (unpaired) electrons. The van der Waals surface area contributed by atoms with Crippen LogP contribution in [0.4, 0.5) is 10.5 Å². The Balaban J connectivity index is 1.83. The molecular formula is C19H30N4O2. The van der Waals surface area contributed by atoms with E-state index >= 15 is 0 Å². The summed E-state index contributed by atoms with van der Waals surface area (Å²) in [4.78, 5) is 28.4. The normalized spacial score (nSPS) is 16.2. The van der Waals surface area contributed by atoms with E-state index in [9.17, 15) is 9.59 Å². The van der Waals surface area contributed by atoms with E-state index in [1.54, 1.807) is 0 Å². The lowest BCUT2D eigenvalue weighted by Gasteiger charge is -2.25. The Morgan fingerprint density at radius 2 is 1.72 bits per heavy atom. The van der Waals surface area contributed by atoms with Crippen molar-refractivity contribution in [1.29, 1.82) is 0 Å². The van der Waals surface area contributed by atoms with Crippen molar-refractivity contribution in [3.05, 3.63) is 29.8 Å². The summed E-state index contributed by atoms with van der Waals surface area (Å²) in [6.45, 7) is 11.2. The highest BCUT2D eigenvalue weighted by Crippen LogP contribution is 2.11. The highest BCUT2D eigenvalue weighted by molar-refractivity contribution is 5.89. The Bertz CT molecular complexity index is 592. The number of hydrogen-bond donors (Lipinski definition) is 2. The average Bonchev–Trinajstić information content (AvgIpc) is 2.73. The van der Waals surface area contributed by atoms with Gasteiger partial charge in [-0.3, -0.25) is 9.69 Å². The summed E-state index contributed by atoms with van der Waals surface area (Å²) in [5.41, 5.74) is 1.75. The number of benzene rings is 1. The molecule has 138 valence electrons. The molecule has 0 unspecified atom stereocenters. The van der Waals surface area contributed by atoms with Gasteiger partial charge in [0.25, 0.3) is 0 Å². The van der Waals surface area contributed by atoms with E-state index in [4.69, 9.17) is 0 Å². The zero-order valence-electron chi connectivity index (χ0n) is 15.8. The van der Waals surface area contributed by atoms with Crippen molar-refractivity contribution in [3.8, 4) is 0 Å². The summed E-state index contributed by atoms with van der Waals surface area (Å²) in [5, 5.41) is 5.93. The number of urea groups is 1. The van der Waals surface area contributed by atoms with E-state index in [0.717, 1.165) is 24.2 Å². The lowest BCUT2D eigenvalue weighted by atomic mass is 10.1. The Kier molecular flexibility index (Phi) is 6.42. The van der Waals surface area contributed by atoms with Crippen molar-refractivity contribution in [2.45, 2.75) is 39.7 Å². The van der Waals surface area contributed by atoms with Gasteiger partial charge in [-0.15, -0.1) is 0 Å². The molecule has 25 heavy (non-hydrogen) atoms. The van der Waals surface area contributed by atoms with Crippen LogP contribution in [0, 0.1) is 6.92 Å². The number of nitrogens with one attached hydrogen (secondary N) is 2. The van der Waals surface area contributed by atoms with E-state index in [1.807, 2.05) is 56.9 Å². The fourth-order valence-electron chi connectivity index (χ4n) is 2.83. The van der Waals surface area contributed by atoms with Gasteiger partial charge in [0.1, 0.15) is 0 Å². The molecule has 0 bridgehead atoms. The molecule has 1 aliphatic rings. The van der Waals surface area contributed by atoms with E-state index in [0.29, 0.717) is 26.2 Å². The maximum Gasteiger partial charge on any atom is 0.321 e. The first-order valence-corrected chi connectivity index (χ1v) is 8.89. The van der Waals surface area contributed by atoms with Crippen LogP contribution in [-0.4, -0.2) is 60.0 Å². The number of rotatable bonds is 3. The number of carbonyl (C=O) groups is 2. The Morgan fingerprint density at radius 1 is 1.04 bits per heavy atom. The van der Waals surface area contributed by atoms with Crippen LogP contribution in [0.15, 0.2) is 24.3 Å². The molecule has 2 N–H and O–H groups in total. The van der Waals surface area contributed by atoms with Crippen molar-refractivity contribution in [3.63, 3.8) is 0 Å². The van der Waals surface area contributed by atoms with Gasteiger partial charge in [0.05, 0.1) is 6.54 Å². The van der Waals surface area contributed by atoms with Crippen LogP contribution in [0.1, 0.15) is 32.8 Å². The summed E-state index contributed by atoms with van der Waals surface area (Å²) in [5.74, 6) is 0.0325. The van der Waals surface area contributed by atoms with E-state index in [1.165, 1.54) is 0 Å². The molecule has 1 aliphatic heterocycles. The number of aryl methyl sites for hydroxylation is 1. The molecule has 6 heteroatoms. The molecule has 0 saturated carbocycles. The van der Waals surface area contributed by atoms with Crippen molar-refractivity contribution in [1.82, 2.24) is 15.1 Å². The fourth-order valence-corrected chi connectivity index (χ4v) is 2.83. The summed E-state index contributed by atoms with van der Waals surface area (Å²) in [7, 11) is 0. The molecule has 0 atom stereocenters. The smallest absolute Gasteiger partial charge is 0.321 e. The second-order valence-electron chi connectivity index (χ2n) is 7.71. The predicted octanol–water partition coefficient (Wildman–Crippen LogP) is 2.45. The topological polar surface area (TPSA) is 64.7 Å². The van der Waals surface area contributed by atoms with Gasteiger partial charge in [-0.2, -0.15) is 0 Å². The number of carbonyl (C=O) groups excluding carboxylic acids is 2. The zero-order valence-corrected chi connectivity index (χ0v) is 15.8. The van der Waals surface area contributed by atoms with Crippen LogP contribution in [0.5, 0.6) is 0 Å². The van der Waals surface area contributed by atoms with Gasteiger partial charge in [0.15, 0.2) is 0 Å². The van der Waals surface area contributed by atoms with Gasteiger partial charge >= 0.3 is 6.03 Å². The average molecular weight is 346 g/mol. The molecule has 1 aromatic carbocycles. The van der Waals surface area contributed by atoms with Crippen molar-refractivity contribution >= 4 is 17.6 Å². The molecule has 1 fully saturated rings. The third-order valence-electron chi connectivity index (χ3n) is 4.06. The molecule has 1 heterocycles. The quantitative estimate of drug-likeness (QED) is 0.884. The second-order valence-corrected chi connectivity index (χ2v) is 7.71. The Labute approximate surface area is 150 Å². The maximum atomic E-state index is 12.4. The van der Waals surface area contributed by atoms with Crippen LogP contribution in [-0.2, 0) is 4.79 Å². The van der Waals surface area contributed by atoms with Crippen LogP contribution in [0.2, 0.25) is 0 Å². The van der Waals surface area contributed by atoms with Gasteiger partial charge in [0, 0.05) is 37.4 Å². The molecule has 0 aromatic heterocycles. The van der Waals surface area contributed by atoms with E-state index < -0.39 is 0 Å². The number of amides is 3. The summed E-state index contributed by atoms with van der Waals surface area (Å²) in [6.07, 6.45) is 0.865. The third-order valence-corrected chi connectivity index (χ3v) is 4.06. The van der Waals surface area contributed by atoms with Gasteiger partial charge in [0.2, 0.25) is 5.91 Å². The summed E-state index contributed by atoms with van der Waals surface area (Å²) < 4.78 is 0. The van der Waals surface area contributed by atoms with Crippen molar-refractivity contribution < 1.29 is 9.59 Å². The number of hydrogen-bond acceptors (Lipinski definition) is 3. The van der Waals surface area contributed by atoms with Gasteiger partial charge < -0.3 is 15.5 Å². The molecule has 6 nitrogen and oxygen atoms in total. The Hall–Kier alpha value is -2.08. The van der Waals surface area contributed by atoms with Gasteiger partial charge in [-0.1, -0.05) is 17.7 Å². The standard InChI is InChI=1S/C19H30N4O2/c1-15-6-8-16(9-7-15)20-18(25)23-11-5-10-22(12-13-23)14-17(24)21-19(2,3)4/h6-9H,5,10-14H2,1-4H3,(H,20,25)(H,21,24). The molecule has 0 spiro atoms. The van der Waals surface area contributed by atoms with E-state index in [2.05, 4.69) is 15.5 Å². The van der Waals surface area contributed by atoms with Crippen LogP contribution >= 0.6 is 0 Å². The van der Waals surface area contributed by atoms with E-state index in [-0.39, 0.29) is 17.5 Å². The summed E-state index contributed by atoms with van der Waals surface area (Å²) >= 11 is 0.